The van der Waals surface area contributed by atoms with Gasteiger partial charge in [0, 0.05) is 0 Å². The highest BCUT2D eigenvalue weighted by Crippen LogP contribution is 1.99. The summed E-state index contributed by atoms with van der Waals surface area (Å²) >= 11 is 0. The Morgan fingerprint density at radius 3 is 2.38 bits per heavy atom. The van der Waals surface area contributed by atoms with Crippen LogP contribution in [0.1, 0.15) is 13.8 Å². The Kier molecular flexibility index (Phi) is 4.47. The molecule has 0 aliphatic carbocycles. The first-order chi connectivity index (χ1) is 5.87. The van der Waals surface area contributed by atoms with Crippen LogP contribution in [0.15, 0.2) is 11.8 Å². The minimum atomic E-state index is -3.55. The van der Waals surface area contributed by atoms with Gasteiger partial charge < -0.3 is 8.92 Å². The summed E-state index contributed by atoms with van der Waals surface area (Å²) in [7, 11) is -3.55. The maximum atomic E-state index is 10.9. The number of ether oxygens (including phenoxy) is 1. The first kappa shape index (κ1) is 12.0. The van der Waals surface area contributed by atoms with E-state index in [4.69, 9.17) is 0 Å². The van der Waals surface area contributed by atoms with Gasteiger partial charge in [-0.05, 0) is 13.8 Å². The molecule has 0 amide bonds. The molecule has 0 heterocycles. The second-order valence-electron chi connectivity index (χ2n) is 2.32. The molecule has 0 spiro atoms. The van der Waals surface area contributed by atoms with Gasteiger partial charge in [-0.15, -0.1) is 0 Å². The maximum absolute atomic E-state index is 10.9. The van der Waals surface area contributed by atoms with Crippen LogP contribution in [0.25, 0.3) is 0 Å². The molecule has 0 saturated carbocycles. The van der Waals surface area contributed by atoms with E-state index in [-0.39, 0.29) is 12.2 Å². The molecule has 13 heavy (non-hydrogen) atoms. The summed E-state index contributed by atoms with van der Waals surface area (Å²) < 4.78 is 29.8. The summed E-state index contributed by atoms with van der Waals surface area (Å²) in [5.41, 5.74) is 0.104. The van der Waals surface area contributed by atoms with Crippen molar-refractivity contribution in [3.8, 4) is 0 Å². The molecule has 0 aromatic heterocycles. The smallest absolute Gasteiger partial charge is 0.336 e. The summed E-state index contributed by atoms with van der Waals surface area (Å²) in [6.45, 7) is 3.30. The Morgan fingerprint density at radius 1 is 1.46 bits per heavy atom. The van der Waals surface area contributed by atoms with Gasteiger partial charge in [-0.1, -0.05) is 0 Å². The van der Waals surface area contributed by atoms with Crippen LogP contribution in [0.3, 0.4) is 0 Å². The fourth-order valence-corrected chi connectivity index (χ4v) is 0.772. The molecule has 0 aromatic carbocycles. The molecule has 0 bridgehead atoms. The van der Waals surface area contributed by atoms with Crippen LogP contribution in [0.2, 0.25) is 0 Å². The fraction of sp³-hybridized carbons (Fsp3) is 0.571. The van der Waals surface area contributed by atoms with Crippen LogP contribution in [-0.2, 0) is 23.8 Å². The summed E-state index contributed by atoms with van der Waals surface area (Å²) in [5, 5.41) is 0. The van der Waals surface area contributed by atoms with E-state index in [1.54, 1.807) is 6.92 Å². The van der Waals surface area contributed by atoms with E-state index in [9.17, 15) is 13.2 Å². The Bertz CT molecular complexity index is 301. The van der Waals surface area contributed by atoms with Gasteiger partial charge in [-0.3, -0.25) is 0 Å². The third-order valence-corrected chi connectivity index (χ3v) is 1.44. The van der Waals surface area contributed by atoms with E-state index < -0.39 is 16.1 Å². The minimum Gasteiger partial charge on any atom is -0.463 e. The highest BCUT2D eigenvalue weighted by molar-refractivity contribution is 7.86. The second kappa shape index (κ2) is 4.86. The summed E-state index contributed by atoms with van der Waals surface area (Å²) in [4.78, 5) is 10.9. The molecule has 0 rings (SSSR count). The highest BCUT2D eigenvalue weighted by Gasteiger charge is 2.06. The molecule has 0 saturated heterocycles. The molecule has 0 aliphatic rings. The lowest BCUT2D eigenvalue weighted by molar-refractivity contribution is -0.138. The Hall–Kier alpha value is -1.04. The molecule has 0 N–H and O–H groups in total. The third kappa shape index (κ3) is 6.15. The molecule has 0 aromatic rings. The van der Waals surface area contributed by atoms with Crippen LogP contribution in [-0.4, -0.2) is 27.2 Å². The van der Waals surface area contributed by atoms with Crippen LogP contribution >= 0.6 is 0 Å². The van der Waals surface area contributed by atoms with E-state index in [0.29, 0.717) is 0 Å². The number of esters is 1. The van der Waals surface area contributed by atoms with Crippen molar-refractivity contribution in [3.05, 3.63) is 11.8 Å². The predicted molar refractivity (Wildman–Crippen MR) is 46.3 cm³/mol. The first-order valence-electron chi connectivity index (χ1n) is 3.59. The molecular weight excluding hydrogens is 196 g/mol. The lowest BCUT2D eigenvalue weighted by Crippen LogP contribution is -2.06. The zero-order valence-electron chi connectivity index (χ0n) is 7.73. The molecule has 0 atom stereocenters. The van der Waals surface area contributed by atoms with E-state index in [2.05, 4.69) is 8.92 Å². The summed E-state index contributed by atoms with van der Waals surface area (Å²) in [6.07, 6.45) is 1.75. The molecule has 6 heteroatoms. The Morgan fingerprint density at radius 2 is 2.00 bits per heavy atom. The minimum absolute atomic E-state index is 0.104. The quantitative estimate of drug-likeness (QED) is 0.290. The van der Waals surface area contributed by atoms with E-state index in [0.717, 1.165) is 12.5 Å². The van der Waals surface area contributed by atoms with E-state index >= 15 is 0 Å². The van der Waals surface area contributed by atoms with Crippen molar-refractivity contribution in [1.82, 2.24) is 0 Å². The second-order valence-corrected chi connectivity index (χ2v) is 3.92. The standard InChI is InChI=1S/C7H12O5S/c1-4-11-7(8)6(2)5-12-13(3,9)10/h5H,4H2,1-3H3. The Labute approximate surface area is 77.5 Å². The van der Waals surface area contributed by atoms with Crippen molar-refractivity contribution >= 4 is 16.1 Å². The number of carbonyl (C=O) groups excluding carboxylic acids is 1. The van der Waals surface area contributed by atoms with Gasteiger partial charge in [0.25, 0.3) is 0 Å². The van der Waals surface area contributed by atoms with Gasteiger partial charge in [0.2, 0.25) is 0 Å². The highest BCUT2D eigenvalue weighted by atomic mass is 32.2. The van der Waals surface area contributed by atoms with Gasteiger partial charge in [-0.25, -0.2) is 4.79 Å². The SMILES string of the molecule is CCOC(=O)C(C)=COS(C)(=O)=O. The van der Waals surface area contributed by atoms with Crippen molar-refractivity contribution in [3.63, 3.8) is 0 Å². The van der Waals surface area contributed by atoms with Crippen molar-refractivity contribution in [2.45, 2.75) is 13.8 Å². The fourth-order valence-electron chi connectivity index (χ4n) is 0.453. The van der Waals surface area contributed by atoms with Gasteiger partial charge in [0.1, 0.15) is 6.26 Å². The van der Waals surface area contributed by atoms with Crippen LogP contribution in [0.4, 0.5) is 0 Å². The maximum Gasteiger partial charge on any atom is 0.336 e. The van der Waals surface area contributed by atoms with Gasteiger partial charge in [0.05, 0.1) is 18.4 Å². The van der Waals surface area contributed by atoms with Gasteiger partial charge >= 0.3 is 16.1 Å². The monoisotopic (exact) mass is 208 g/mol. The summed E-state index contributed by atoms with van der Waals surface area (Å²) in [6, 6.07) is 0. The number of carbonyl (C=O) groups is 1. The Balaban J connectivity index is 4.26. The molecule has 0 fully saturated rings. The van der Waals surface area contributed by atoms with Gasteiger partial charge in [0.15, 0.2) is 0 Å². The molecule has 5 nitrogen and oxygen atoms in total. The van der Waals surface area contributed by atoms with Crippen LogP contribution in [0, 0.1) is 0 Å². The lowest BCUT2D eigenvalue weighted by atomic mass is 10.3. The molecule has 0 radical (unpaired) electrons. The van der Waals surface area contributed by atoms with Crippen molar-refractivity contribution in [1.29, 1.82) is 0 Å². The normalized spacial score (nSPS) is 12.4. The van der Waals surface area contributed by atoms with Crippen molar-refractivity contribution in [2.75, 3.05) is 12.9 Å². The van der Waals surface area contributed by atoms with Crippen molar-refractivity contribution < 1.29 is 22.1 Å². The van der Waals surface area contributed by atoms with E-state index in [1.807, 2.05) is 0 Å². The van der Waals surface area contributed by atoms with E-state index in [1.165, 1.54) is 6.92 Å². The first-order valence-corrected chi connectivity index (χ1v) is 5.40. The molecule has 0 unspecified atom stereocenters. The summed E-state index contributed by atoms with van der Waals surface area (Å²) in [5.74, 6) is -0.592. The number of hydrogen-bond acceptors (Lipinski definition) is 5. The van der Waals surface area contributed by atoms with Crippen LogP contribution < -0.4 is 0 Å². The van der Waals surface area contributed by atoms with Crippen molar-refractivity contribution in [2.24, 2.45) is 0 Å². The average molecular weight is 208 g/mol. The zero-order valence-corrected chi connectivity index (χ0v) is 8.55. The number of rotatable bonds is 4. The molecule has 76 valence electrons. The number of hydrogen-bond donors (Lipinski definition) is 0. The average Bonchev–Trinajstić information content (AvgIpc) is 1.99. The van der Waals surface area contributed by atoms with Gasteiger partial charge in [-0.2, -0.15) is 8.42 Å². The third-order valence-electron chi connectivity index (χ3n) is 0.997. The van der Waals surface area contributed by atoms with Crippen LogP contribution in [0.5, 0.6) is 0 Å². The molecular formula is C7H12O5S. The predicted octanol–water partition coefficient (Wildman–Crippen LogP) is 0.429. The topological polar surface area (TPSA) is 69.7 Å². The zero-order chi connectivity index (χ0) is 10.5. The lowest BCUT2D eigenvalue weighted by Gasteiger charge is -2.01. The largest absolute Gasteiger partial charge is 0.463 e. The molecule has 0 aliphatic heterocycles.